The van der Waals surface area contributed by atoms with Crippen LogP contribution in [0.25, 0.3) is 0 Å². The normalized spacial score (nSPS) is 21.0. The summed E-state index contributed by atoms with van der Waals surface area (Å²) < 4.78 is 5.61. The fourth-order valence-corrected chi connectivity index (χ4v) is 4.81. The second-order valence-electron chi connectivity index (χ2n) is 6.83. The van der Waals surface area contributed by atoms with E-state index in [0.29, 0.717) is 17.7 Å². The lowest BCUT2D eigenvalue weighted by Crippen LogP contribution is -2.17. The van der Waals surface area contributed by atoms with Gasteiger partial charge in [-0.1, -0.05) is 6.07 Å². The summed E-state index contributed by atoms with van der Waals surface area (Å²) in [7, 11) is 0. The first kappa shape index (κ1) is 15.6. The van der Waals surface area contributed by atoms with Gasteiger partial charge in [-0.15, -0.1) is 11.3 Å². The van der Waals surface area contributed by atoms with Crippen LogP contribution in [0.5, 0.6) is 0 Å². The Morgan fingerprint density at radius 3 is 2.79 bits per heavy atom. The van der Waals surface area contributed by atoms with Crippen LogP contribution in [-0.4, -0.2) is 22.8 Å². The fraction of sp³-hybridized carbons (Fsp3) is 0.474. The number of thiophene rings is 1. The largest absolute Gasteiger partial charge is 0.458 e. The average Bonchev–Trinajstić information content (AvgIpc) is 3.28. The van der Waals surface area contributed by atoms with E-state index >= 15 is 0 Å². The quantitative estimate of drug-likeness (QED) is 0.841. The van der Waals surface area contributed by atoms with Crippen molar-refractivity contribution in [2.45, 2.75) is 57.5 Å². The summed E-state index contributed by atoms with van der Waals surface area (Å²) in [5.41, 5.74) is 2.82. The topological polar surface area (TPSA) is 59.2 Å². The van der Waals surface area contributed by atoms with Crippen molar-refractivity contribution in [2.24, 2.45) is 0 Å². The van der Waals surface area contributed by atoms with Gasteiger partial charge in [0.2, 0.25) is 0 Å². The number of carbonyl (C=O) groups is 2. The molecule has 126 valence electrons. The van der Waals surface area contributed by atoms with Crippen LogP contribution in [0.4, 0.5) is 0 Å². The van der Waals surface area contributed by atoms with E-state index in [1.165, 1.54) is 4.88 Å². The summed E-state index contributed by atoms with van der Waals surface area (Å²) in [4.78, 5) is 29.6. The number of nitrogens with one attached hydrogen (secondary N) is 1. The lowest BCUT2D eigenvalue weighted by Gasteiger charge is -2.20. The lowest BCUT2D eigenvalue weighted by atomic mass is 9.84. The molecule has 5 heteroatoms. The molecule has 0 aliphatic heterocycles. The van der Waals surface area contributed by atoms with E-state index in [1.54, 1.807) is 11.3 Å². The molecule has 0 aromatic carbocycles. The number of hydrogen-bond acceptors (Lipinski definition) is 4. The Balaban J connectivity index is 1.60. The minimum absolute atomic E-state index is 0.0341. The standard InChI is InChI=1S/C19H21NO3S/c1-11-17-14(9-12(10-15(17)21)16-7-4-8-24-16)20-18(11)19(22)23-13-5-2-3-6-13/h4,7-8,12-13,20H,2-3,5-6,9-10H2,1H3/t12-/m0/s1. The Morgan fingerprint density at radius 2 is 2.08 bits per heavy atom. The van der Waals surface area contributed by atoms with Crippen LogP contribution in [0, 0.1) is 6.92 Å². The zero-order chi connectivity index (χ0) is 16.7. The third-order valence-electron chi connectivity index (χ3n) is 5.21. The maximum Gasteiger partial charge on any atom is 0.355 e. The predicted octanol–water partition coefficient (Wildman–Crippen LogP) is 4.40. The Bertz CT molecular complexity index is 769. The Kier molecular flexibility index (Phi) is 4.04. The smallest absolute Gasteiger partial charge is 0.355 e. The minimum atomic E-state index is -0.311. The summed E-state index contributed by atoms with van der Waals surface area (Å²) in [6, 6.07) is 4.10. The maximum atomic E-state index is 12.6. The van der Waals surface area contributed by atoms with Gasteiger partial charge in [-0.05, 0) is 56.0 Å². The first-order valence-electron chi connectivity index (χ1n) is 8.62. The van der Waals surface area contributed by atoms with Gasteiger partial charge in [0.05, 0.1) is 0 Å². The molecule has 1 saturated carbocycles. The molecule has 0 radical (unpaired) electrons. The molecule has 0 spiro atoms. The minimum Gasteiger partial charge on any atom is -0.458 e. The van der Waals surface area contributed by atoms with Gasteiger partial charge in [0.1, 0.15) is 11.8 Å². The van der Waals surface area contributed by atoms with E-state index < -0.39 is 0 Å². The van der Waals surface area contributed by atoms with Crippen LogP contribution in [0.15, 0.2) is 17.5 Å². The molecule has 0 saturated heterocycles. The number of aromatic nitrogens is 1. The molecule has 4 rings (SSSR count). The fourth-order valence-electron chi connectivity index (χ4n) is 3.98. The molecule has 0 bridgehead atoms. The number of esters is 1. The monoisotopic (exact) mass is 343 g/mol. The van der Waals surface area contributed by atoms with Crippen LogP contribution in [-0.2, 0) is 11.2 Å². The Labute approximate surface area is 145 Å². The van der Waals surface area contributed by atoms with Crippen LogP contribution in [0.1, 0.15) is 75.0 Å². The van der Waals surface area contributed by atoms with E-state index in [2.05, 4.69) is 11.1 Å². The molecule has 2 aromatic heterocycles. The molecule has 2 aliphatic rings. The van der Waals surface area contributed by atoms with Crippen molar-refractivity contribution < 1.29 is 14.3 Å². The summed E-state index contributed by atoms with van der Waals surface area (Å²) >= 11 is 1.69. The number of carbonyl (C=O) groups excluding carboxylic acids is 2. The second kappa shape index (κ2) is 6.20. The van der Waals surface area contributed by atoms with Crippen LogP contribution in [0.2, 0.25) is 0 Å². The molecular formula is C19H21NO3S. The van der Waals surface area contributed by atoms with E-state index in [1.807, 2.05) is 18.4 Å². The van der Waals surface area contributed by atoms with Gasteiger partial charge in [-0.3, -0.25) is 4.79 Å². The SMILES string of the molecule is Cc1c(C(=O)OC2CCCC2)[nH]c2c1C(=O)C[C@@H](c1cccs1)C2. The molecule has 2 heterocycles. The highest BCUT2D eigenvalue weighted by atomic mass is 32.1. The number of hydrogen-bond donors (Lipinski definition) is 1. The summed E-state index contributed by atoms with van der Waals surface area (Å²) in [5.74, 6) is 0.0272. The average molecular weight is 343 g/mol. The van der Waals surface area contributed by atoms with Crippen molar-refractivity contribution in [3.8, 4) is 0 Å². The van der Waals surface area contributed by atoms with Crippen molar-refractivity contribution in [3.63, 3.8) is 0 Å². The number of rotatable bonds is 3. The van der Waals surface area contributed by atoms with Gasteiger partial charge in [0, 0.05) is 28.5 Å². The first-order valence-corrected chi connectivity index (χ1v) is 9.50. The third-order valence-corrected chi connectivity index (χ3v) is 6.25. The van der Waals surface area contributed by atoms with E-state index in [-0.39, 0.29) is 23.8 Å². The summed E-state index contributed by atoms with van der Waals surface area (Å²) in [6.45, 7) is 1.85. The highest BCUT2D eigenvalue weighted by molar-refractivity contribution is 7.10. The summed E-state index contributed by atoms with van der Waals surface area (Å²) in [5, 5.41) is 2.04. The van der Waals surface area contributed by atoms with Gasteiger partial charge < -0.3 is 9.72 Å². The Morgan fingerprint density at radius 1 is 1.29 bits per heavy atom. The number of ketones is 1. The molecule has 4 nitrogen and oxygen atoms in total. The molecule has 2 aromatic rings. The lowest BCUT2D eigenvalue weighted by molar-refractivity contribution is 0.0310. The van der Waals surface area contributed by atoms with Crippen molar-refractivity contribution in [3.05, 3.63) is 44.9 Å². The molecule has 2 aliphatic carbocycles. The summed E-state index contributed by atoms with van der Waals surface area (Å²) in [6.07, 6.45) is 5.47. The van der Waals surface area contributed by atoms with E-state index in [0.717, 1.165) is 43.4 Å². The maximum absolute atomic E-state index is 12.6. The Hall–Kier alpha value is -1.88. The first-order chi connectivity index (χ1) is 11.6. The van der Waals surface area contributed by atoms with Gasteiger partial charge in [0.15, 0.2) is 5.78 Å². The predicted molar refractivity (Wildman–Crippen MR) is 92.9 cm³/mol. The molecule has 1 N–H and O–H groups in total. The molecule has 24 heavy (non-hydrogen) atoms. The molecule has 1 atom stereocenters. The number of aromatic amines is 1. The van der Waals surface area contributed by atoms with Crippen LogP contribution >= 0.6 is 11.3 Å². The van der Waals surface area contributed by atoms with Crippen molar-refractivity contribution >= 4 is 23.1 Å². The second-order valence-corrected chi connectivity index (χ2v) is 7.81. The highest BCUT2D eigenvalue weighted by Crippen LogP contribution is 2.37. The van der Waals surface area contributed by atoms with E-state index in [9.17, 15) is 9.59 Å². The van der Waals surface area contributed by atoms with Gasteiger partial charge >= 0.3 is 5.97 Å². The molecule has 0 amide bonds. The van der Waals surface area contributed by atoms with Gasteiger partial charge in [-0.2, -0.15) is 0 Å². The molecule has 0 unspecified atom stereocenters. The zero-order valence-electron chi connectivity index (χ0n) is 13.8. The van der Waals surface area contributed by atoms with Crippen molar-refractivity contribution in [1.82, 2.24) is 4.98 Å². The number of fused-ring (bicyclic) bond motifs is 1. The number of ether oxygens (including phenoxy) is 1. The number of Topliss-reactive ketones (excluding diaryl/α,β-unsaturated/α-hetero) is 1. The van der Waals surface area contributed by atoms with Crippen LogP contribution < -0.4 is 0 Å². The van der Waals surface area contributed by atoms with Crippen molar-refractivity contribution in [2.75, 3.05) is 0 Å². The van der Waals surface area contributed by atoms with E-state index in [4.69, 9.17) is 4.74 Å². The number of H-pyrrole nitrogens is 1. The van der Waals surface area contributed by atoms with Crippen LogP contribution in [0.3, 0.4) is 0 Å². The van der Waals surface area contributed by atoms with Gasteiger partial charge in [-0.25, -0.2) is 4.79 Å². The highest BCUT2D eigenvalue weighted by Gasteiger charge is 2.33. The van der Waals surface area contributed by atoms with Gasteiger partial charge in [0.25, 0.3) is 0 Å². The third kappa shape index (κ3) is 2.71. The molecule has 1 fully saturated rings. The van der Waals surface area contributed by atoms with Crippen molar-refractivity contribution in [1.29, 1.82) is 0 Å². The zero-order valence-corrected chi connectivity index (χ0v) is 14.6. The molecular weight excluding hydrogens is 322 g/mol.